The van der Waals surface area contributed by atoms with Crippen LogP contribution in [0.2, 0.25) is 0 Å². The van der Waals surface area contributed by atoms with Crippen molar-refractivity contribution in [3.05, 3.63) is 11.1 Å². The van der Waals surface area contributed by atoms with Crippen LogP contribution < -0.4 is 21.7 Å². The highest BCUT2D eigenvalue weighted by Gasteiger charge is 2.40. The van der Waals surface area contributed by atoms with Crippen molar-refractivity contribution in [1.29, 1.82) is 0 Å². The van der Waals surface area contributed by atoms with Gasteiger partial charge in [-0.25, -0.2) is 9.78 Å². The summed E-state index contributed by atoms with van der Waals surface area (Å²) in [4.78, 5) is 43.5. The summed E-state index contributed by atoms with van der Waals surface area (Å²) >= 11 is 2.53. The highest BCUT2D eigenvalue weighted by Crippen LogP contribution is 2.17. The van der Waals surface area contributed by atoms with Gasteiger partial charge in [-0.3, -0.25) is 9.59 Å². The fourth-order valence-electron chi connectivity index (χ4n) is 2.08. The maximum atomic E-state index is 12.4. The Labute approximate surface area is 156 Å². The van der Waals surface area contributed by atoms with Crippen molar-refractivity contribution in [3.8, 4) is 0 Å². The molecule has 2 unspecified atom stereocenters. The van der Waals surface area contributed by atoms with Crippen LogP contribution >= 0.6 is 23.1 Å². The number of nitrogens with two attached hydrogens (primary N) is 1. The van der Waals surface area contributed by atoms with Crippen molar-refractivity contribution in [1.82, 2.24) is 20.9 Å². The number of β-lactam (4-membered cyclic amide) rings is 1. The van der Waals surface area contributed by atoms with Crippen LogP contribution in [0.15, 0.2) is 11.4 Å². The number of nitrogens with one attached hydrogen (secondary N) is 3. The van der Waals surface area contributed by atoms with Gasteiger partial charge >= 0.3 is 6.09 Å². The van der Waals surface area contributed by atoms with E-state index in [1.807, 2.05) is 0 Å². The highest BCUT2D eigenvalue weighted by molar-refractivity contribution is 7.99. The van der Waals surface area contributed by atoms with Crippen LogP contribution in [0.25, 0.3) is 0 Å². The van der Waals surface area contributed by atoms with E-state index in [1.54, 1.807) is 0 Å². The molecule has 142 valence electrons. The Hall–Kier alpha value is -2.54. The Morgan fingerprint density at radius 2 is 2.35 bits per heavy atom. The number of nitrogen functional groups attached to an aromatic ring is 1. The van der Waals surface area contributed by atoms with Crippen LogP contribution in [0.3, 0.4) is 0 Å². The minimum atomic E-state index is -1.08. The molecule has 1 saturated heterocycles. The molecule has 11 nitrogen and oxygen atoms in total. The SMILES string of the molecule is CO/N=C(\C(=O)NC1C(=O)NC1CSCCNC(=O)O)c1cnc(N)s1. The predicted molar refractivity (Wildman–Crippen MR) is 97.3 cm³/mol. The maximum Gasteiger partial charge on any atom is 0.404 e. The van der Waals surface area contributed by atoms with Gasteiger partial charge in [-0.1, -0.05) is 16.5 Å². The summed E-state index contributed by atoms with van der Waals surface area (Å²) in [5.41, 5.74) is 5.55. The zero-order chi connectivity index (χ0) is 19.1. The lowest BCUT2D eigenvalue weighted by Crippen LogP contribution is -2.70. The van der Waals surface area contributed by atoms with E-state index in [2.05, 4.69) is 26.1 Å². The minimum Gasteiger partial charge on any atom is -0.465 e. The lowest BCUT2D eigenvalue weighted by atomic mass is 10.0. The monoisotopic (exact) mass is 402 g/mol. The third-order valence-electron chi connectivity index (χ3n) is 3.27. The van der Waals surface area contributed by atoms with Crippen LogP contribution in [-0.2, 0) is 14.4 Å². The smallest absolute Gasteiger partial charge is 0.404 e. The quantitative estimate of drug-likeness (QED) is 0.153. The molecule has 26 heavy (non-hydrogen) atoms. The molecule has 2 atom stereocenters. The van der Waals surface area contributed by atoms with Crippen molar-refractivity contribution >= 4 is 51.8 Å². The Morgan fingerprint density at radius 3 is 2.92 bits per heavy atom. The van der Waals surface area contributed by atoms with Crippen molar-refractivity contribution in [2.45, 2.75) is 12.1 Å². The summed E-state index contributed by atoms with van der Waals surface area (Å²) < 4.78 is 0. The van der Waals surface area contributed by atoms with Crippen LogP contribution in [0, 0.1) is 0 Å². The molecule has 0 aromatic carbocycles. The number of carbonyl (C=O) groups excluding carboxylic acids is 2. The predicted octanol–water partition coefficient (Wildman–Crippen LogP) is -0.940. The van der Waals surface area contributed by atoms with E-state index in [0.29, 0.717) is 22.9 Å². The lowest BCUT2D eigenvalue weighted by molar-refractivity contribution is -0.134. The third kappa shape index (κ3) is 5.23. The number of rotatable bonds is 9. The van der Waals surface area contributed by atoms with E-state index < -0.39 is 18.0 Å². The van der Waals surface area contributed by atoms with Crippen molar-refractivity contribution in [3.63, 3.8) is 0 Å². The first kappa shape index (κ1) is 19.8. The molecule has 1 aliphatic heterocycles. The maximum absolute atomic E-state index is 12.4. The van der Waals surface area contributed by atoms with Gasteiger partial charge in [-0.05, 0) is 0 Å². The molecular formula is C13H18N6O5S2. The first-order chi connectivity index (χ1) is 12.4. The number of hydrogen-bond donors (Lipinski definition) is 5. The van der Waals surface area contributed by atoms with E-state index in [0.717, 1.165) is 11.3 Å². The van der Waals surface area contributed by atoms with E-state index >= 15 is 0 Å². The Bertz CT molecular complexity index is 709. The lowest BCUT2D eigenvalue weighted by Gasteiger charge is -2.36. The highest BCUT2D eigenvalue weighted by atomic mass is 32.2. The molecule has 1 aromatic heterocycles. The number of carboxylic acid groups (broad SMARTS) is 1. The number of carbonyl (C=O) groups is 3. The van der Waals surface area contributed by atoms with Crippen molar-refractivity contribution in [2.75, 3.05) is 30.9 Å². The molecule has 3 amide bonds. The molecule has 1 fully saturated rings. The van der Waals surface area contributed by atoms with Gasteiger partial charge < -0.3 is 31.6 Å². The average Bonchev–Trinajstić information content (AvgIpc) is 3.01. The van der Waals surface area contributed by atoms with E-state index in [-0.39, 0.29) is 22.8 Å². The number of thiazole rings is 1. The number of thioether (sulfide) groups is 1. The van der Waals surface area contributed by atoms with Crippen molar-refractivity contribution < 1.29 is 24.3 Å². The van der Waals surface area contributed by atoms with Gasteiger partial charge in [0.05, 0.1) is 10.9 Å². The van der Waals surface area contributed by atoms with Crippen LogP contribution in [-0.4, -0.2) is 71.0 Å². The van der Waals surface area contributed by atoms with Crippen molar-refractivity contribution in [2.24, 2.45) is 5.16 Å². The Kier molecular flexibility index (Phi) is 7.03. The normalized spacial score (nSPS) is 19.3. The molecule has 0 spiro atoms. The molecule has 0 radical (unpaired) electrons. The fourth-order valence-corrected chi connectivity index (χ4v) is 3.69. The summed E-state index contributed by atoms with van der Waals surface area (Å²) in [5, 5.41) is 20.0. The topological polar surface area (TPSA) is 168 Å². The number of nitrogens with zero attached hydrogens (tertiary/aromatic N) is 2. The van der Waals surface area contributed by atoms with Crippen LogP contribution in [0.5, 0.6) is 0 Å². The molecule has 1 aliphatic rings. The van der Waals surface area contributed by atoms with Gasteiger partial charge in [0.15, 0.2) is 10.8 Å². The molecule has 2 heterocycles. The Morgan fingerprint density at radius 1 is 1.58 bits per heavy atom. The molecule has 6 N–H and O–H groups in total. The first-order valence-corrected chi connectivity index (χ1v) is 9.38. The standard InChI is InChI=1S/C13H18N6O5S2/c1-24-19-9(7-4-16-12(14)26-7)11(21)18-8-6(17-10(8)20)5-25-3-2-15-13(22)23/h4,6,8,15H,2-3,5H2,1H3,(H2,14,16)(H,17,20)(H,18,21)(H,22,23)/b19-9-. The number of hydrogen-bond acceptors (Lipinski definition) is 9. The van der Waals surface area contributed by atoms with Gasteiger partial charge in [0.25, 0.3) is 5.91 Å². The third-order valence-corrected chi connectivity index (χ3v) is 5.19. The molecule has 2 rings (SSSR count). The molecule has 0 aliphatic carbocycles. The van der Waals surface area contributed by atoms with Gasteiger partial charge in [0, 0.05) is 24.2 Å². The van der Waals surface area contributed by atoms with Gasteiger partial charge in [0.2, 0.25) is 5.91 Å². The molecule has 0 bridgehead atoms. The molecular weight excluding hydrogens is 384 g/mol. The Balaban J connectivity index is 1.88. The largest absolute Gasteiger partial charge is 0.465 e. The first-order valence-electron chi connectivity index (χ1n) is 7.41. The van der Waals surface area contributed by atoms with Gasteiger partial charge in [0.1, 0.15) is 13.2 Å². The van der Waals surface area contributed by atoms with E-state index in [9.17, 15) is 14.4 Å². The van der Waals surface area contributed by atoms with E-state index in [1.165, 1.54) is 25.1 Å². The van der Waals surface area contributed by atoms with Crippen LogP contribution in [0.4, 0.5) is 9.93 Å². The zero-order valence-corrected chi connectivity index (χ0v) is 15.4. The van der Waals surface area contributed by atoms with Gasteiger partial charge in [-0.2, -0.15) is 11.8 Å². The summed E-state index contributed by atoms with van der Waals surface area (Å²) in [7, 11) is 1.30. The molecule has 13 heteroatoms. The molecule has 1 aromatic rings. The number of oxime groups is 1. The average molecular weight is 402 g/mol. The fraction of sp³-hybridized carbons (Fsp3) is 0.462. The number of amides is 3. The second-order valence-electron chi connectivity index (χ2n) is 5.06. The van der Waals surface area contributed by atoms with E-state index in [4.69, 9.17) is 15.7 Å². The second kappa shape index (κ2) is 9.24. The number of anilines is 1. The van der Waals surface area contributed by atoms with Crippen LogP contribution in [0.1, 0.15) is 4.88 Å². The summed E-state index contributed by atoms with van der Waals surface area (Å²) in [6, 6.07) is -0.952. The molecule has 0 saturated carbocycles. The minimum absolute atomic E-state index is 0.0153. The summed E-state index contributed by atoms with van der Waals surface area (Å²) in [6.07, 6.45) is 0.322. The summed E-state index contributed by atoms with van der Waals surface area (Å²) in [5.74, 6) is 0.212. The zero-order valence-electron chi connectivity index (χ0n) is 13.7. The summed E-state index contributed by atoms with van der Waals surface area (Å²) in [6.45, 7) is 0.301. The number of aromatic nitrogens is 1. The van der Waals surface area contributed by atoms with Gasteiger partial charge in [-0.15, -0.1) is 0 Å². The second-order valence-corrected chi connectivity index (χ2v) is 7.27.